The van der Waals surface area contributed by atoms with Crippen molar-refractivity contribution in [1.82, 2.24) is 14.8 Å². The maximum Gasteiger partial charge on any atom is 0.271 e. The first-order valence-electron chi connectivity index (χ1n) is 4.56. The van der Waals surface area contributed by atoms with Gasteiger partial charge in [-0.3, -0.25) is 15.2 Å². The fourth-order valence-corrected chi connectivity index (χ4v) is 1.78. The Hall–Kier alpha value is -1.73. The zero-order valence-electron chi connectivity index (χ0n) is 8.68. The van der Waals surface area contributed by atoms with Crippen LogP contribution in [0.25, 0.3) is 11.4 Å². The molecule has 1 N–H and O–H groups in total. The molecule has 0 fully saturated rings. The molecule has 0 unspecified atom stereocenters. The summed E-state index contributed by atoms with van der Waals surface area (Å²) < 4.78 is 2.05. The van der Waals surface area contributed by atoms with Gasteiger partial charge in [-0.1, -0.05) is 11.6 Å². The van der Waals surface area contributed by atoms with Crippen molar-refractivity contribution in [2.75, 3.05) is 0 Å². The van der Waals surface area contributed by atoms with E-state index in [1.54, 1.807) is 17.7 Å². The summed E-state index contributed by atoms with van der Waals surface area (Å²) in [6, 6.07) is 4.28. The molecule has 0 aliphatic rings. The highest BCUT2D eigenvalue weighted by Gasteiger charge is 2.13. The van der Waals surface area contributed by atoms with Crippen LogP contribution in [0.5, 0.6) is 0 Å². The number of non-ortho nitro benzene ring substituents is 1. The summed E-state index contributed by atoms with van der Waals surface area (Å²) in [7, 11) is 1.72. The van der Waals surface area contributed by atoms with Crippen molar-refractivity contribution in [2.24, 2.45) is 7.05 Å². The van der Waals surface area contributed by atoms with Crippen molar-refractivity contribution in [1.29, 1.82) is 0 Å². The SMILES string of the molecule is Cn1c(-c2cc(Cl)cc([N+](=O)[O-])c2)n[nH]c1=S. The molecule has 88 valence electrons. The molecule has 1 aromatic heterocycles. The first-order chi connectivity index (χ1) is 7.99. The van der Waals surface area contributed by atoms with E-state index in [1.165, 1.54) is 12.1 Å². The van der Waals surface area contributed by atoms with Crippen LogP contribution < -0.4 is 0 Å². The van der Waals surface area contributed by atoms with E-state index in [9.17, 15) is 10.1 Å². The number of aromatic nitrogens is 3. The number of aromatic amines is 1. The maximum atomic E-state index is 10.7. The average molecular weight is 271 g/mol. The lowest BCUT2D eigenvalue weighted by atomic mass is 10.2. The van der Waals surface area contributed by atoms with Gasteiger partial charge >= 0.3 is 0 Å². The number of nitrogens with zero attached hydrogens (tertiary/aromatic N) is 3. The quantitative estimate of drug-likeness (QED) is 0.517. The minimum atomic E-state index is -0.503. The van der Waals surface area contributed by atoms with Crippen LogP contribution in [0.3, 0.4) is 0 Å². The number of nitro benzene ring substituents is 1. The van der Waals surface area contributed by atoms with Crippen LogP contribution in [0.1, 0.15) is 0 Å². The number of hydrogen-bond acceptors (Lipinski definition) is 4. The van der Waals surface area contributed by atoms with Crippen molar-refractivity contribution in [2.45, 2.75) is 0 Å². The Morgan fingerprint density at radius 2 is 2.24 bits per heavy atom. The summed E-state index contributed by atoms with van der Waals surface area (Å²) in [6.07, 6.45) is 0. The number of hydrogen-bond donors (Lipinski definition) is 1. The third-order valence-electron chi connectivity index (χ3n) is 2.23. The van der Waals surface area contributed by atoms with Crippen molar-refractivity contribution in [3.05, 3.63) is 38.1 Å². The summed E-state index contributed by atoms with van der Waals surface area (Å²) >= 11 is 10.8. The minimum Gasteiger partial charge on any atom is -0.303 e. The third kappa shape index (κ3) is 2.20. The van der Waals surface area contributed by atoms with Gasteiger partial charge in [-0.25, -0.2) is 0 Å². The molecule has 0 amide bonds. The largest absolute Gasteiger partial charge is 0.303 e. The molecule has 2 aromatic rings. The molecule has 8 heteroatoms. The highest BCUT2D eigenvalue weighted by Crippen LogP contribution is 2.26. The Morgan fingerprint density at radius 1 is 1.53 bits per heavy atom. The van der Waals surface area contributed by atoms with Crippen LogP contribution in [0.15, 0.2) is 18.2 Å². The fourth-order valence-electron chi connectivity index (χ4n) is 1.41. The van der Waals surface area contributed by atoms with Gasteiger partial charge in [0.25, 0.3) is 5.69 Å². The van der Waals surface area contributed by atoms with Crippen molar-refractivity contribution in [3.8, 4) is 11.4 Å². The third-order valence-corrected chi connectivity index (χ3v) is 2.81. The van der Waals surface area contributed by atoms with Crippen molar-refractivity contribution >= 4 is 29.5 Å². The van der Waals surface area contributed by atoms with E-state index in [2.05, 4.69) is 10.2 Å². The number of H-pyrrole nitrogens is 1. The second kappa shape index (κ2) is 4.27. The average Bonchev–Trinajstić information content (AvgIpc) is 2.59. The van der Waals surface area contributed by atoms with Gasteiger partial charge < -0.3 is 4.57 Å². The van der Waals surface area contributed by atoms with E-state index in [0.29, 0.717) is 16.2 Å². The number of nitro groups is 1. The zero-order chi connectivity index (χ0) is 12.6. The molecular formula is C9H7ClN4O2S. The first-order valence-corrected chi connectivity index (χ1v) is 5.34. The van der Waals surface area contributed by atoms with Crippen LogP contribution in [-0.2, 0) is 7.05 Å². The number of benzene rings is 1. The Balaban J connectivity index is 2.64. The lowest BCUT2D eigenvalue weighted by Gasteiger charge is -2.01. The van der Waals surface area contributed by atoms with Crippen molar-refractivity contribution in [3.63, 3.8) is 0 Å². The Labute approximate surface area is 106 Å². The molecular weight excluding hydrogens is 264 g/mol. The summed E-state index contributed by atoms with van der Waals surface area (Å²) in [4.78, 5) is 10.2. The molecule has 0 aliphatic heterocycles. The molecule has 1 aromatic carbocycles. The normalized spacial score (nSPS) is 10.5. The maximum absolute atomic E-state index is 10.7. The Bertz CT molecular complexity index is 649. The summed E-state index contributed by atoms with van der Waals surface area (Å²) in [6.45, 7) is 0. The van der Waals surface area contributed by atoms with E-state index in [0.717, 1.165) is 0 Å². The van der Waals surface area contributed by atoms with E-state index in [4.69, 9.17) is 23.8 Å². The van der Waals surface area contributed by atoms with Gasteiger partial charge in [0.1, 0.15) is 0 Å². The predicted octanol–water partition coefficient (Wildman–Crippen LogP) is 2.71. The van der Waals surface area contributed by atoms with Gasteiger partial charge in [0.15, 0.2) is 10.6 Å². The molecule has 0 aliphatic carbocycles. The second-order valence-electron chi connectivity index (χ2n) is 3.37. The molecule has 0 atom stereocenters. The summed E-state index contributed by atoms with van der Waals surface area (Å²) in [5.74, 6) is 0.501. The molecule has 6 nitrogen and oxygen atoms in total. The van der Waals surface area contributed by atoms with E-state index in [1.807, 2.05) is 0 Å². The smallest absolute Gasteiger partial charge is 0.271 e. The van der Waals surface area contributed by atoms with Crippen LogP contribution in [0.2, 0.25) is 5.02 Å². The lowest BCUT2D eigenvalue weighted by molar-refractivity contribution is -0.384. The molecule has 1 heterocycles. The first kappa shape index (κ1) is 11.7. The fraction of sp³-hybridized carbons (Fsp3) is 0.111. The number of rotatable bonds is 2. The van der Waals surface area contributed by atoms with E-state index >= 15 is 0 Å². The van der Waals surface area contributed by atoms with Gasteiger partial charge in [-0.2, -0.15) is 5.10 Å². The van der Waals surface area contributed by atoms with Gasteiger partial charge in [-0.15, -0.1) is 0 Å². The molecule has 0 saturated heterocycles. The summed E-state index contributed by atoms with van der Waals surface area (Å²) in [5.41, 5.74) is 0.459. The molecule has 2 rings (SSSR count). The Kier molecular flexibility index (Phi) is 2.95. The van der Waals surface area contributed by atoms with E-state index < -0.39 is 4.92 Å². The van der Waals surface area contributed by atoms with Crippen LogP contribution in [-0.4, -0.2) is 19.7 Å². The number of halogens is 1. The standard InChI is InChI=1S/C9H7ClN4O2S/c1-13-8(11-12-9(13)17)5-2-6(10)4-7(3-5)14(15)16/h2-4H,1H3,(H,12,17). The Morgan fingerprint density at radius 3 is 2.76 bits per heavy atom. The number of nitrogens with one attached hydrogen (secondary N) is 1. The van der Waals surface area contributed by atoms with Crippen LogP contribution in [0.4, 0.5) is 5.69 Å². The van der Waals surface area contributed by atoms with Gasteiger partial charge in [0, 0.05) is 29.8 Å². The minimum absolute atomic E-state index is 0.0820. The van der Waals surface area contributed by atoms with Gasteiger partial charge in [-0.05, 0) is 18.3 Å². The zero-order valence-corrected chi connectivity index (χ0v) is 10.2. The molecule has 0 radical (unpaired) electrons. The van der Waals surface area contributed by atoms with Gasteiger partial charge in [0.05, 0.1) is 4.92 Å². The lowest BCUT2D eigenvalue weighted by Crippen LogP contribution is -1.94. The molecule has 0 saturated carbocycles. The van der Waals surface area contributed by atoms with Crippen molar-refractivity contribution < 1.29 is 4.92 Å². The van der Waals surface area contributed by atoms with Crippen LogP contribution >= 0.6 is 23.8 Å². The molecule has 17 heavy (non-hydrogen) atoms. The second-order valence-corrected chi connectivity index (χ2v) is 4.19. The van der Waals surface area contributed by atoms with Gasteiger partial charge in [0.2, 0.25) is 0 Å². The topological polar surface area (TPSA) is 76.8 Å². The molecule has 0 bridgehead atoms. The monoisotopic (exact) mass is 270 g/mol. The van der Waals surface area contributed by atoms with Crippen LogP contribution in [0, 0.1) is 14.9 Å². The predicted molar refractivity (Wildman–Crippen MR) is 65.5 cm³/mol. The van der Waals surface area contributed by atoms with E-state index in [-0.39, 0.29) is 10.7 Å². The molecule has 0 spiro atoms. The highest BCUT2D eigenvalue weighted by atomic mass is 35.5. The summed E-state index contributed by atoms with van der Waals surface area (Å²) in [5, 5.41) is 17.6. The highest BCUT2D eigenvalue weighted by molar-refractivity contribution is 7.71.